The van der Waals surface area contributed by atoms with Crippen molar-refractivity contribution in [3.63, 3.8) is 0 Å². The molecule has 4 aromatic rings. The van der Waals surface area contributed by atoms with Crippen molar-refractivity contribution in [2.24, 2.45) is 0 Å². The summed E-state index contributed by atoms with van der Waals surface area (Å²) in [5.74, 6) is 1.60. The van der Waals surface area contributed by atoms with Gasteiger partial charge in [0.1, 0.15) is 17.9 Å². The zero-order valence-electron chi connectivity index (χ0n) is 18.2. The van der Waals surface area contributed by atoms with Crippen molar-refractivity contribution in [1.82, 2.24) is 24.4 Å². The van der Waals surface area contributed by atoms with Gasteiger partial charge in [0.05, 0.1) is 23.2 Å². The van der Waals surface area contributed by atoms with Crippen LogP contribution in [0, 0.1) is 0 Å². The van der Waals surface area contributed by atoms with E-state index < -0.39 is 0 Å². The lowest BCUT2D eigenvalue weighted by molar-refractivity contribution is 0.279. The molecule has 8 heteroatoms. The minimum absolute atomic E-state index is 0.115. The van der Waals surface area contributed by atoms with E-state index in [1.54, 1.807) is 10.9 Å². The third-order valence-electron chi connectivity index (χ3n) is 5.27. The van der Waals surface area contributed by atoms with Gasteiger partial charge in [0.25, 0.3) is 0 Å². The van der Waals surface area contributed by atoms with Crippen LogP contribution in [0.15, 0.2) is 47.5 Å². The molecule has 0 bridgehead atoms. The lowest BCUT2D eigenvalue weighted by Gasteiger charge is -2.14. The molecular weight excluding hydrogens is 392 g/mol. The molecule has 0 radical (unpaired) electrons. The number of benzene rings is 2. The average molecular weight is 421 g/mol. The molecule has 0 fully saturated rings. The highest BCUT2D eigenvalue weighted by atomic mass is 16.5. The molecule has 31 heavy (non-hydrogen) atoms. The number of para-hydroxylation sites is 1. The van der Waals surface area contributed by atoms with E-state index in [-0.39, 0.29) is 5.69 Å². The molecule has 4 rings (SSSR count). The van der Waals surface area contributed by atoms with E-state index in [4.69, 9.17) is 4.74 Å². The fraction of sp³-hybridized carbons (Fsp3) is 0.348. The summed E-state index contributed by atoms with van der Waals surface area (Å²) in [4.78, 5) is 26.1. The van der Waals surface area contributed by atoms with Gasteiger partial charge in [0.2, 0.25) is 0 Å². The number of fused-ring (bicyclic) bond motifs is 2. The number of aryl methyl sites for hydroxylation is 1. The molecule has 0 aliphatic heterocycles. The predicted molar refractivity (Wildman–Crippen MR) is 124 cm³/mol. The van der Waals surface area contributed by atoms with Crippen molar-refractivity contribution in [3.8, 4) is 5.75 Å². The molecule has 0 atom stereocenters. The summed E-state index contributed by atoms with van der Waals surface area (Å²) >= 11 is 0. The smallest absolute Gasteiger partial charge is 0.326 e. The fourth-order valence-corrected chi connectivity index (χ4v) is 3.69. The number of anilines is 1. The van der Waals surface area contributed by atoms with Crippen LogP contribution < -0.4 is 15.7 Å². The number of rotatable bonds is 9. The van der Waals surface area contributed by atoms with Crippen LogP contribution in [0.25, 0.3) is 21.9 Å². The van der Waals surface area contributed by atoms with E-state index in [1.807, 2.05) is 37.3 Å². The fourth-order valence-electron chi connectivity index (χ4n) is 3.69. The molecule has 0 aliphatic carbocycles. The van der Waals surface area contributed by atoms with Gasteiger partial charge in [-0.25, -0.2) is 14.8 Å². The first kappa shape index (κ1) is 20.9. The molecule has 2 N–H and O–H groups in total. The molecule has 2 heterocycles. The lowest BCUT2D eigenvalue weighted by Crippen LogP contribution is -2.16. The Hall–Kier alpha value is -3.39. The van der Waals surface area contributed by atoms with Crippen LogP contribution in [0.5, 0.6) is 5.75 Å². The Labute approximate surface area is 180 Å². The Kier molecular flexibility index (Phi) is 6.18. The van der Waals surface area contributed by atoms with E-state index in [0.717, 1.165) is 52.0 Å². The Morgan fingerprint density at radius 3 is 2.84 bits per heavy atom. The minimum Gasteiger partial charge on any atom is -0.493 e. The zero-order chi connectivity index (χ0) is 21.8. The summed E-state index contributed by atoms with van der Waals surface area (Å²) in [7, 11) is 4.12. The third kappa shape index (κ3) is 4.54. The number of hydrogen-bond acceptors (Lipinski definition) is 6. The number of nitrogens with one attached hydrogen (secondary N) is 2. The largest absolute Gasteiger partial charge is 0.493 e. The van der Waals surface area contributed by atoms with Crippen molar-refractivity contribution in [2.75, 3.05) is 32.6 Å². The normalized spacial score (nSPS) is 11.5. The second-order valence-corrected chi connectivity index (χ2v) is 7.75. The van der Waals surface area contributed by atoms with Gasteiger partial charge in [0.15, 0.2) is 0 Å². The highest BCUT2D eigenvalue weighted by Gasteiger charge is 2.11. The number of H-pyrrole nitrogens is 1. The second kappa shape index (κ2) is 9.18. The molecule has 0 amide bonds. The first-order valence-corrected chi connectivity index (χ1v) is 10.5. The van der Waals surface area contributed by atoms with Crippen molar-refractivity contribution in [1.29, 1.82) is 0 Å². The standard InChI is InChI=1S/C23H28N6O2/c1-4-29-20-13-18-17(12-19(20)27-23(29)30)22(26-15-25-18)24-14-16-8-5-6-9-21(16)31-11-7-10-28(2)3/h5-6,8-9,12-13,15H,4,7,10-11,14H2,1-3H3,(H,27,30)(H,24,25,26). The number of imidazole rings is 1. The van der Waals surface area contributed by atoms with Gasteiger partial charge in [-0.05, 0) is 45.6 Å². The number of hydrogen-bond donors (Lipinski definition) is 2. The maximum atomic E-state index is 12.2. The number of aromatic amines is 1. The van der Waals surface area contributed by atoms with Crippen LogP contribution in [-0.2, 0) is 13.1 Å². The topological polar surface area (TPSA) is 88.1 Å². The summed E-state index contributed by atoms with van der Waals surface area (Å²) < 4.78 is 7.71. The molecule has 0 saturated carbocycles. The van der Waals surface area contributed by atoms with Crippen LogP contribution in [0.2, 0.25) is 0 Å². The molecule has 2 aromatic heterocycles. The number of ether oxygens (including phenoxy) is 1. The molecule has 2 aromatic carbocycles. The lowest BCUT2D eigenvalue weighted by atomic mass is 10.1. The molecule has 0 saturated heterocycles. The molecule has 162 valence electrons. The Morgan fingerprint density at radius 1 is 1.19 bits per heavy atom. The van der Waals surface area contributed by atoms with Crippen molar-refractivity contribution >= 4 is 27.8 Å². The Morgan fingerprint density at radius 2 is 2.03 bits per heavy atom. The van der Waals surface area contributed by atoms with Gasteiger partial charge in [-0.3, -0.25) is 4.57 Å². The van der Waals surface area contributed by atoms with Crippen LogP contribution in [0.1, 0.15) is 18.9 Å². The van der Waals surface area contributed by atoms with Crippen LogP contribution in [0.4, 0.5) is 5.82 Å². The monoisotopic (exact) mass is 420 g/mol. The van der Waals surface area contributed by atoms with Crippen LogP contribution >= 0.6 is 0 Å². The van der Waals surface area contributed by atoms with Crippen LogP contribution in [0.3, 0.4) is 0 Å². The summed E-state index contributed by atoms with van der Waals surface area (Å²) in [6.45, 7) is 4.78. The van der Waals surface area contributed by atoms with Gasteiger partial charge in [-0.2, -0.15) is 0 Å². The zero-order valence-corrected chi connectivity index (χ0v) is 18.2. The SMILES string of the molecule is CCn1c(=O)[nH]c2cc3c(NCc4ccccc4OCCCN(C)C)ncnc3cc21. The van der Waals surface area contributed by atoms with E-state index >= 15 is 0 Å². The molecule has 0 aliphatic rings. The number of aromatic nitrogens is 4. The van der Waals surface area contributed by atoms with Crippen molar-refractivity contribution in [3.05, 3.63) is 58.8 Å². The summed E-state index contributed by atoms with van der Waals surface area (Å²) in [6.07, 6.45) is 2.51. The number of nitrogens with zero attached hydrogens (tertiary/aromatic N) is 4. The highest BCUT2D eigenvalue weighted by Crippen LogP contribution is 2.26. The first-order valence-electron chi connectivity index (χ1n) is 10.5. The summed E-state index contributed by atoms with van der Waals surface area (Å²) in [5, 5.41) is 4.28. The van der Waals surface area contributed by atoms with Crippen LogP contribution in [-0.4, -0.2) is 51.7 Å². The Bertz CT molecular complexity index is 1240. The van der Waals surface area contributed by atoms with Gasteiger partial charge < -0.3 is 19.9 Å². The molecule has 8 nitrogen and oxygen atoms in total. The maximum Gasteiger partial charge on any atom is 0.326 e. The van der Waals surface area contributed by atoms with E-state index in [0.29, 0.717) is 19.7 Å². The third-order valence-corrected chi connectivity index (χ3v) is 5.27. The van der Waals surface area contributed by atoms with Gasteiger partial charge in [-0.15, -0.1) is 0 Å². The Balaban J connectivity index is 1.56. The predicted octanol–water partition coefficient (Wildman–Crippen LogP) is 3.24. The van der Waals surface area contributed by atoms with Gasteiger partial charge >= 0.3 is 5.69 Å². The summed E-state index contributed by atoms with van der Waals surface area (Å²) in [6, 6.07) is 11.9. The highest BCUT2D eigenvalue weighted by molar-refractivity contribution is 5.98. The van der Waals surface area contributed by atoms with Gasteiger partial charge in [-0.1, -0.05) is 18.2 Å². The molecular formula is C23H28N6O2. The second-order valence-electron chi connectivity index (χ2n) is 7.75. The van der Waals surface area contributed by atoms with Crippen molar-refractivity contribution < 1.29 is 4.74 Å². The maximum absolute atomic E-state index is 12.2. The van der Waals surface area contributed by atoms with E-state index in [2.05, 4.69) is 45.3 Å². The molecule has 0 spiro atoms. The van der Waals surface area contributed by atoms with E-state index in [1.165, 1.54) is 0 Å². The van der Waals surface area contributed by atoms with E-state index in [9.17, 15) is 4.79 Å². The minimum atomic E-state index is -0.115. The first-order chi connectivity index (χ1) is 15.1. The van der Waals surface area contributed by atoms with Gasteiger partial charge in [0, 0.05) is 30.6 Å². The average Bonchev–Trinajstić information content (AvgIpc) is 3.08. The van der Waals surface area contributed by atoms with Crippen molar-refractivity contribution in [2.45, 2.75) is 26.4 Å². The quantitative estimate of drug-likeness (QED) is 0.404. The summed E-state index contributed by atoms with van der Waals surface area (Å²) in [5.41, 5.74) is 3.36. The molecule has 0 unspecified atom stereocenters.